The number of fused-ring (bicyclic) bond motifs is 1. The van der Waals surface area contributed by atoms with E-state index in [1.165, 1.54) is 12.1 Å². The molecule has 2 heterocycles. The normalized spacial score (nSPS) is 15.9. The van der Waals surface area contributed by atoms with Gasteiger partial charge in [0.15, 0.2) is 0 Å². The molecule has 2 aromatic carbocycles. The van der Waals surface area contributed by atoms with Crippen molar-refractivity contribution >= 4 is 38.5 Å². The van der Waals surface area contributed by atoms with Gasteiger partial charge in [0.2, 0.25) is 5.82 Å². The maximum Gasteiger partial charge on any atom is 0.264 e. The molecular formula is C21H19ClN4O4S. The third kappa shape index (κ3) is 4.56. The van der Waals surface area contributed by atoms with E-state index >= 15 is 0 Å². The highest BCUT2D eigenvalue weighted by atomic mass is 35.5. The van der Waals surface area contributed by atoms with E-state index < -0.39 is 15.4 Å². The molecule has 1 N–H and O–H groups in total. The van der Waals surface area contributed by atoms with Crippen molar-refractivity contribution < 1.29 is 17.9 Å². The van der Waals surface area contributed by atoms with E-state index in [1.54, 1.807) is 36.4 Å². The minimum absolute atomic E-state index is 0.00422. The predicted molar refractivity (Wildman–Crippen MR) is 115 cm³/mol. The van der Waals surface area contributed by atoms with Crippen LogP contribution in [0.4, 0.5) is 5.82 Å². The molecule has 0 bridgehead atoms. The van der Waals surface area contributed by atoms with Crippen LogP contribution in [0.2, 0.25) is 5.02 Å². The number of ether oxygens (including phenoxy) is 2. The molecule has 0 aliphatic carbocycles. The number of hydrogen-bond acceptors (Lipinski definition) is 7. The van der Waals surface area contributed by atoms with Gasteiger partial charge < -0.3 is 9.47 Å². The molecule has 3 aromatic rings. The fraction of sp³-hybridized carbons (Fsp3) is 0.286. The number of rotatable bonds is 6. The molecule has 10 heteroatoms. The molecule has 1 fully saturated rings. The molecule has 0 spiro atoms. The highest BCUT2D eigenvalue weighted by Crippen LogP contribution is 2.33. The summed E-state index contributed by atoms with van der Waals surface area (Å²) < 4.78 is 39.6. The molecule has 0 atom stereocenters. The Morgan fingerprint density at radius 2 is 1.74 bits per heavy atom. The number of nitrogens with one attached hydrogen (secondary N) is 1. The number of hydrogen-bond donors (Lipinski definition) is 1. The molecule has 160 valence electrons. The zero-order valence-corrected chi connectivity index (χ0v) is 18.0. The van der Waals surface area contributed by atoms with Crippen molar-refractivity contribution in [3.05, 3.63) is 53.6 Å². The van der Waals surface area contributed by atoms with Crippen LogP contribution < -0.4 is 9.46 Å². The second kappa shape index (κ2) is 8.67. The van der Waals surface area contributed by atoms with E-state index in [2.05, 4.69) is 20.8 Å². The standard InChI is InChI=1S/C21H19ClN4O4S/c22-15-5-1-4-8-18(15)31(27,28)26-19-20(25-17-7-3-2-6-16(17)24-19)30-14-21(13-23)9-11-29-12-10-21/h1-8H,9-12,14H2,(H,24,26). The van der Waals surface area contributed by atoms with Gasteiger partial charge in [-0.05, 0) is 37.1 Å². The van der Waals surface area contributed by atoms with Gasteiger partial charge in [0.05, 0.1) is 27.5 Å². The molecule has 1 saturated heterocycles. The van der Waals surface area contributed by atoms with Crippen LogP contribution in [0.15, 0.2) is 53.4 Å². The van der Waals surface area contributed by atoms with Gasteiger partial charge in [-0.2, -0.15) is 5.26 Å². The summed E-state index contributed by atoms with van der Waals surface area (Å²) in [5.41, 5.74) is 0.300. The van der Waals surface area contributed by atoms with Crippen molar-refractivity contribution in [3.63, 3.8) is 0 Å². The first-order valence-electron chi connectivity index (χ1n) is 9.58. The van der Waals surface area contributed by atoms with Gasteiger partial charge in [-0.15, -0.1) is 0 Å². The van der Waals surface area contributed by atoms with Crippen molar-refractivity contribution in [2.75, 3.05) is 24.5 Å². The summed E-state index contributed by atoms with van der Waals surface area (Å²) in [6.45, 7) is 0.972. The zero-order valence-electron chi connectivity index (χ0n) is 16.4. The Kier molecular flexibility index (Phi) is 5.96. The fourth-order valence-electron chi connectivity index (χ4n) is 3.25. The van der Waals surface area contributed by atoms with Crippen molar-refractivity contribution in [2.24, 2.45) is 5.41 Å². The van der Waals surface area contributed by atoms with Crippen molar-refractivity contribution in [2.45, 2.75) is 17.7 Å². The van der Waals surface area contributed by atoms with Crippen LogP contribution in [-0.4, -0.2) is 38.2 Å². The molecule has 0 amide bonds. The number of para-hydroxylation sites is 2. The summed E-state index contributed by atoms with van der Waals surface area (Å²) in [7, 11) is -4.05. The van der Waals surface area contributed by atoms with Crippen LogP contribution >= 0.6 is 11.6 Å². The first-order chi connectivity index (χ1) is 14.9. The average Bonchev–Trinajstić information content (AvgIpc) is 2.78. The number of nitriles is 1. The van der Waals surface area contributed by atoms with Gasteiger partial charge in [-0.1, -0.05) is 35.9 Å². The maximum atomic E-state index is 12.9. The summed E-state index contributed by atoms with van der Waals surface area (Å²) in [4.78, 5) is 8.75. The number of sulfonamides is 1. The smallest absolute Gasteiger partial charge is 0.264 e. The Balaban J connectivity index is 1.70. The number of benzene rings is 2. The second-order valence-corrected chi connectivity index (χ2v) is 9.25. The van der Waals surface area contributed by atoms with Crippen LogP contribution in [0.1, 0.15) is 12.8 Å². The van der Waals surface area contributed by atoms with Crippen molar-refractivity contribution in [3.8, 4) is 11.9 Å². The monoisotopic (exact) mass is 458 g/mol. The minimum Gasteiger partial charge on any atom is -0.473 e. The Morgan fingerprint density at radius 3 is 2.42 bits per heavy atom. The van der Waals surface area contributed by atoms with Gasteiger partial charge in [-0.25, -0.2) is 18.4 Å². The highest BCUT2D eigenvalue weighted by Gasteiger charge is 2.34. The summed E-state index contributed by atoms with van der Waals surface area (Å²) in [6.07, 6.45) is 1.04. The van der Waals surface area contributed by atoms with Crippen molar-refractivity contribution in [1.82, 2.24) is 9.97 Å². The zero-order chi connectivity index (χ0) is 21.9. The molecule has 1 aromatic heterocycles. The Morgan fingerprint density at radius 1 is 1.10 bits per heavy atom. The third-order valence-electron chi connectivity index (χ3n) is 5.07. The predicted octanol–water partition coefficient (Wildman–Crippen LogP) is 3.78. The molecule has 31 heavy (non-hydrogen) atoms. The molecule has 0 radical (unpaired) electrons. The lowest BCUT2D eigenvalue weighted by Crippen LogP contribution is -2.34. The molecule has 1 aliphatic heterocycles. The van der Waals surface area contributed by atoms with Crippen LogP contribution in [0.3, 0.4) is 0 Å². The molecule has 1 aliphatic rings. The molecule has 4 rings (SSSR count). The third-order valence-corrected chi connectivity index (χ3v) is 6.91. The van der Waals surface area contributed by atoms with E-state index in [4.69, 9.17) is 21.1 Å². The van der Waals surface area contributed by atoms with E-state index in [1.807, 2.05) is 0 Å². The lowest BCUT2D eigenvalue weighted by molar-refractivity contribution is 0.0184. The molecule has 0 unspecified atom stereocenters. The highest BCUT2D eigenvalue weighted by molar-refractivity contribution is 7.92. The second-order valence-electron chi connectivity index (χ2n) is 7.20. The summed E-state index contributed by atoms with van der Waals surface area (Å²) in [5, 5.41) is 9.76. The van der Waals surface area contributed by atoms with Crippen LogP contribution in [-0.2, 0) is 14.8 Å². The lowest BCUT2D eigenvalue weighted by atomic mass is 9.83. The molecule has 8 nitrogen and oxygen atoms in total. The first-order valence-corrected chi connectivity index (χ1v) is 11.4. The lowest BCUT2D eigenvalue weighted by Gasteiger charge is -2.30. The largest absolute Gasteiger partial charge is 0.473 e. The van der Waals surface area contributed by atoms with E-state index in [0.29, 0.717) is 37.1 Å². The van der Waals surface area contributed by atoms with E-state index in [-0.39, 0.29) is 28.2 Å². The van der Waals surface area contributed by atoms with Crippen LogP contribution in [0, 0.1) is 16.7 Å². The number of nitrogens with zero attached hydrogens (tertiary/aromatic N) is 3. The van der Waals surface area contributed by atoms with Crippen molar-refractivity contribution in [1.29, 1.82) is 5.26 Å². The fourth-order valence-corrected chi connectivity index (χ4v) is 4.77. The summed E-state index contributed by atoms with van der Waals surface area (Å²) >= 11 is 6.08. The van der Waals surface area contributed by atoms with E-state index in [0.717, 1.165) is 0 Å². The maximum absolute atomic E-state index is 12.9. The van der Waals surface area contributed by atoms with Gasteiger partial charge in [-0.3, -0.25) is 4.72 Å². The topological polar surface area (TPSA) is 114 Å². The SMILES string of the molecule is N#CC1(COc2nc3ccccc3nc2NS(=O)(=O)c2ccccc2Cl)CCOCC1. The first kappa shape index (κ1) is 21.3. The van der Waals surface area contributed by atoms with Gasteiger partial charge >= 0.3 is 0 Å². The van der Waals surface area contributed by atoms with Gasteiger partial charge in [0.25, 0.3) is 15.9 Å². The number of halogens is 1. The van der Waals surface area contributed by atoms with Gasteiger partial charge in [0, 0.05) is 13.2 Å². The van der Waals surface area contributed by atoms with E-state index in [9.17, 15) is 13.7 Å². The molecular weight excluding hydrogens is 440 g/mol. The molecule has 0 saturated carbocycles. The Hall–Kier alpha value is -2.93. The Bertz CT molecular complexity index is 1250. The number of aromatic nitrogens is 2. The number of anilines is 1. The Labute approximate surface area is 184 Å². The average molecular weight is 459 g/mol. The quantitative estimate of drug-likeness (QED) is 0.597. The summed E-state index contributed by atoms with van der Waals surface area (Å²) in [6, 6.07) is 15.4. The van der Waals surface area contributed by atoms with Crippen LogP contribution in [0.25, 0.3) is 11.0 Å². The van der Waals surface area contributed by atoms with Crippen LogP contribution in [0.5, 0.6) is 5.88 Å². The van der Waals surface area contributed by atoms with Gasteiger partial charge in [0.1, 0.15) is 11.5 Å². The summed E-state index contributed by atoms with van der Waals surface area (Å²) in [5.74, 6) is -0.0748. The minimum atomic E-state index is -4.05.